The molecule has 0 unspecified atom stereocenters. The number of aromatic hydroxyl groups is 1. The molecule has 29 heavy (non-hydrogen) atoms. The number of phenols is 1. The monoisotopic (exact) mass is 389 g/mol. The van der Waals surface area contributed by atoms with Crippen LogP contribution >= 0.6 is 0 Å². The fraction of sp³-hybridized carbons (Fsp3) is 0.0435. The molecule has 0 aliphatic heterocycles. The van der Waals surface area contributed by atoms with Gasteiger partial charge in [-0.3, -0.25) is 4.79 Å². The summed E-state index contributed by atoms with van der Waals surface area (Å²) < 4.78 is 5.72. The van der Waals surface area contributed by atoms with E-state index in [1.165, 1.54) is 24.3 Å². The largest absolute Gasteiger partial charge is 0.507 e. The van der Waals surface area contributed by atoms with Crippen molar-refractivity contribution in [1.82, 2.24) is 0 Å². The van der Waals surface area contributed by atoms with Gasteiger partial charge in [0.05, 0.1) is 0 Å². The van der Waals surface area contributed by atoms with E-state index in [1.54, 1.807) is 6.08 Å². The molecule has 0 aliphatic carbocycles. The van der Waals surface area contributed by atoms with Crippen molar-refractivity contribution in [3.8, 4) is 11.5 Å². The van der Waals surface area contributed by atoms with Gasteiger partial charge in [0.1, 0.15) is 23.7 Å². The van der Waals surface area contributed by atoms with E-state index in [2.05, 4.69) is 5.32 Å². The summed E-state index contributed by atoms with van der Waals surface area (Å²) in [7, 11) is 0. The van der Waals surface area contributed by atoms with Gasteiger partial charge in [-0.05, 0) is 47.5 Å². The average molecular weight is 389 g/mol. The Morgan fingerprint density at radius 1 is 0.966 bits per heavy atom. The molecule has 0 spiro atoms. The summed E-state index contributed by atoms with van der Waals surface area (Å²) in [6.45, 7) is 0.476. The number of nitrogens with one attached hydrogen (secondary N) is 1. The van der Waals surface area contributed by atoms with Gasteiger partial charge < -0.3 is 20.3 Å². The topological polar surface area (TPSA) is 95.9 Å². The van der Waals surface area contributed by atoms with Gasteiger partial charge in [-0.25, -0.2) is 4.79 Å². The maximum absolute atomic E-state index is 12.0. The predicted octanol–water partition coefficient (Wildman–Crippen LogP) is 4.32. The third kappa shape index (κ3) is 5.71. The fourth-order valence-corrected chi connectivity index (χ4v) is 2.56. The van der Waals surface area contributed by atoms with Crippen LogP contribution < -0.4 is 10.1 Å². The van der Waals surface area contributed by atoms with Gasteiger partial charge in [0.25, 0.3) is 0 Å². The Hall–Kier alpha value is -4.06. The van der Waals surface area contributed by atoms with E-state index >= 15 is 0 Å². The second-order valence-corrected chi connectivity index (χ2v) is 6.20. The third-order valence-electron chi connectivity index (χ3n) is 4.05. The molecule has 3 aromatic carbocycles. The zero-order valence-corrected chi connectivity index (χ0v) is 15.4. The molecule has 3 N–H and O–H groups in total. The van der Waals surface area contributed by atoms with Gasteiger partial charge >= 0.3 is 5.97 Å². The van der Waals surface area contributed by atoms with E-state index in [9.17, 15) is 14.7 Å². The van der Waals surface area contributed by atoms with Crippen LogP contribution in [0.2, 0.25) is 0 Å². The van der Waals surface area contributed by atoms with Gasteiger partial charge in [0, 0.05) is 11.8 Å². The van der Waals surface area contributed by atoms with Gasteiger partial charge in [0.15, 0.2) is 0 Å². The molecule has 0 saturated carbocycles. The number of ether oxygens (including phenoxy) is 1. The van der Waals surface area contributed by atoms with Crippen molar-refractivity contribution in [3.63, 3.8) is 0 Å². The van der Waals surface area contributed by atoms with Gasteiger partial charge in [0.2, 0.25) is 5.91 Å². The molecule has 0 bridgehead atoms. The number of anilines is 1. The molecule has 0 saturated heterocycles. The number of amides is 1. The van der Waals surface area contributed by atoms with Crippen LogP contribution in [0.15, 0.2) is 78.9 Å². The summed E-state index contributed by atoms with van der Waals surface area (Å²) in [5.74, 6) is -1.33. The number of hydrogen-bond acceptors (Lipinski definition) is 4. The Morgan fingerprint density at radius 2 is 1.69 bits per heavy atom. The number of carboxylic acid groups (broad SMARTS) is 1. The van der Waals surface area contributed by atoms with Crippen LogP contribution in [0.1, 0.15) is 21.5 Å². The molecule has 1 amide bonds. The molecule has 6 heteroatoms. The maximum Gasteiger partial charge on any atom is 0.339 e. The number of hydrogen-bond donors (Lipinski definition) is 3. The maximum atomic E-state index is 12.0. The summed E-state index contributed by atoms with van der Waals surface area (Å²) in [6.07, 6.45) is 2.97. The van der Waals surface area contributed by atoms with Crippen molar-refractivity contribution in [3.05, 3.63) is 95.6 Å². The molecule has 3 aromatic rings. The molecule has 0 aromatic heterocycles. The zero-order chi connectivity index (χ0) is 20.6. The van der Waals surface area contributed by atoms with Crippen molar-refractivity contribution < 1.29 is 24.5 Å². The first-order valence-corrected chi connectivity index (χ1v) is 8.83. The Balaban J connectivity index is 1.56. The lowest BCUT2D eigenvalue weighted by Gasteiger charge is -2.06. The molecule has 3 rings (SSSR count). The molecular weight excluding hydrogens is 370 g/mol. The summed E-state index contributed by atoms with van der Waals surface area (Å²) in [5, 5.41) is 21.1. The number of carboxylic acids is 1. The number of aromatic carboxylic acids is 1. The SMILES string of the molecule is O=C(/C=C/c1ccc(OCc2ccccc2)cc1)Nc1ccc(O)c(C(=O)O)c1. The minimum absolute atomic E-state index is 0.277. The van der Waals surface area contributed by atoms with Crippen LogP contribution in [0.25, 0.3) is 6.08 Å². The summed E-state index contributed by atoms with van der Waals surface area (Å²) in [6, 6.07) is 21.0. The first kappa shape index (κ1) is 19.7. The molecule has 0 fully saturated rings. The van der Waals surface area contributed by atoms with Gasteiger partial charge in [-0.1, -0.05) is 42.5 Å². The first-order chi connectivity index (χ1) is 14.0. The summed E-state index contributed by atoms with van der Waals surface area (Å²) >= 11 is 0. The summed E-state index contributed by atoms with van der Waals surface area (Å²) in [5.41, 5.74) is 1.88. The third-order valence-corrected chi connectivity index (χ3v) is 4.05. The number of carbonyl (C=O) groups is 2. The molecule has 0 radical (unpaired) electrons. The van der Waals surface area contributed by atoms with Crippen molar-refractivity contribution in [2.45, 2.75) is 6.61 Å². The minimum atomic E-state index is -1.27. The molecule has 0 aliphatic rings. The van der Waals surface area contributed by atoms with Crippen molar-refractivity contribution >= 4 is 23.6 Å². The smallest absolute Gasteiger partial charge is 0.339 e. The molecule has 6 nitrogen and oxygen atoms in total. The van der Waals surface area contributed by atoms with Crippen LogP contribution in [0.5, 0.6) is 11.5 Å². The Bertz CT molecular complexity index is 1030. The summed E-state index contributed by atoms with van der Waals surface area (Å²) in [4.78, 5) is 23.1. The van der Waals surface area contributed by atoms with Crippen LogP contribution in [-0.4, -0.2) is 22.1 Å². The highest BCUT2D eigenvalue weighted by atomic mass is 16.5. The van der Waals surface area contributed by atoms with E-state index in [0.717, 1.165) is 16.9 Å². The zero-order valence-electron chi connectivity index (χ0n) is 15.4. The highest BCUT2D eigenvalue weighted by Crippen LogP contribution is 2.21. The standard InChI is InChI=1S/C23H19NO5/c25-21-12-9-18(14-20(21)23(27)28)24-22(26)13-8-16-6-10-19(11-7-16)29-15-17-4-2-1-3-5-17/h1-14,25H,15H2,(H,24,26)(H,27,28)/b13-8+. The molecule has 146 valence electrons. The van der Waals surface area contributed by atoms with Crippen molar-refractivity contribution in [2.24, 2.45) is 0 Å². The Morgan fingerprint density at radius 3 is 2.38 bits per heavy atom. The lowest BCUT2D eigenvalue weighted by molar-refractivity contribution is -0.111. The van der Waals surface area contributed by atoms with Gasteiger partial charge in [-0.15, -0.1) is 0 Å². The van der Waals surface area contributed by atoms with Crippen LogP contribution in [0.4, 0.5) is 5.69 Å². The van der Waals surface area contributed by atoms with Crippen LogP contribution in [0, 0.1) is 0 Å². The van der Waals surface area contributed by atoms with E-state index in [0.29, 0.717) is 6.61 Å². The lowest BCUT2D eigenvalue weighted by Crippen LogP contribution is -2.08. The molecule has 0 heterocycles. The highest BCUT2D eigenvalue weighted by Gasteiger charge is 2.10. The predicted molar refractivity (Wildman–Crippen MR) is 110 cm³/mol. The first-order valence-electron chi connectivity index (χ1n) is 8.83. The lowest BCUT2D eigenvalue weighted by atomic mass is 10.1. The second-order valence-electron chi connectivity index (χ2n) is 6.20. The molecule has 0 atom stereocenters. The highest BCUT2D eigenvalue weighted by molar-refractivity contribution is 6.03. The van der Waals surface area contributed by atoms with Crippen molar-refractivity contribution in [1.29, 1.82) is 0 Å². The van der Waals surface area contributed by atoms with Crippen molar-refractivity contribution in [2.75, 3.05) is 5.32 Å². The van der Waals surface area contributed by atoms with Crippen LogP contribution in [-0.2, 0) is 11.4 Å². The Kier molecular flexibility index (Phi) is 6.27. The van der Waals surface area contributed by atoms with E-state index in [1.807, 2.05) is 54.6 Å². The van der Waals surface area contributed by atoms with Gasteiger partial charge in [-0.2, -0.15) is 0 Å². The minimum Gasteiger partial charge on any atom is -0.507 e. The number of benzene rings is 3. The fourth-order valence-electron chi connectivity index (χ4n) is 2.56. The Labute approximate surface area is 167 Å². The van der Waals surface area contributed by atoms with Crippen LogP contribution in [0.3, 0.4) is 0 Å². The average Bonchev–Trinajstić information content (AvgIpc) is 2.73. The quantitative estimate of drug-likeness (QED) is 0.413. The van der Waals surface area contributed by atoms with E-state index < -0.39 is 11.9 Å². The van der Waals surface area contributed by atoms with E-state index in [-0.39, 0.29) is 17.0 Å². The van der Waals surface area contributed by atoms with E-state index in [4.69, 9.17) is 9.84 Å². The molecular formula is C23H19NO5. The normalized spacial score (nSPS) is 10.6. The number of carbonyl (C=O) groups excluding carboxylic acids is 1. The second kappa shape index (κ2) is 9.23. The number of rotatable bonds is 7.